The van der Waals surface area contributed by atoms with Gasteiger partial charge in [-0.3, -0.25) is 4.98 Å². The van der Waals surface area contributed by atoms with E-state index in [-0.39, 0.29) is 42.9 Å². The van der Waals surface area contributed by atoms with Gasteiger partial charge in [-0.1, -0.05) is 30.3 Å². The summed E-state index contributed by atoms with van der Waals surface area (Å²) >= 11 is 0. The Morgan fingerprint density at radius 3 is 2.78 bits per heavy atom. The van der Waals surface area contributed by atoms with Gasteiger partial charge < -0.3 is 20.3 Å². The van der Waals surface area contributed by atoms with Gasteiger partial charge in [0.05, 0.1) is 18.3 Å². The summed E-state index contributed by atoms with van der Waals surface area (Å²) in [6.45, 7) is 4.60. The number of hydrogen-bond donors (Lipinski definition) is 2. The Bertz CT molecular complexity index is 676. The normalized spacial score (nSPS) is 17.1. The third kappa shape index (κ3) is 6.57. The summed E-state index contributed by atoms with van der Waals surface area (Å²) in [5.41, 5.74) is 1.09. The number of carbonyl (C=O) groups excluding carboxylic acids is 1. The number of halogens is 2. The van der Waals surface area contributed by atoms with Gasteiger partial charge in [0, 0.05) is 25.8 Å². The lowest BCUT2D eigenvalue weighted by Crippen LogP contribution is -2.58. The second-order valence-corrected chi connectivity index (χ2v) is 6.13. The molecule has 1 aliphatic heterocycles. The van der Waals surface area contributed by atoms with E-state index < -0.39 is 0 Å². The maximum absolute atomic E-state index is 12.7. The number of carbonyl (C=O) groups is 1. The highest BCUT2D eigenvalue weighted by Crippen LogP contribution is 2.14. The maximum atomic E-state index is 12.7. The molecule has 2 heterocycles. The van der Waals surface area contributed by atoms with Crippen LogP contribution in [0.3, 0.4) is 0 Å². The van der Waals surface area contributed by atoms with Crippen LogP contribution in [0.1, 0.15) is 18.5 Å². The minimum atomic E-state index is -0.0577. The summed E-state index contributed by atoms with van der Waals surface area (Å²) in [7, 11) is 0. The number of nitrogens with zero attached hydrogens (tertiary/aromatic N) is 2. The molecule has 2 aromatic rings. The van der Waals surface area contributed by atoms with E-state index >= 15 is 0 Å². The van der Waals surface area contributed by atoms with Gasteiger partial charge in [-0.15, -0.1) is 24.8 Å². The van der Waals surface area contributed by atoms with Gasteiger partial charge in [0.2, 0.25) is 0 Å². The van der Waals surface area contributed by atoms with Crippen molar-refractivity contribution in [2.75, 3.05) is 26.2 Å². The standard InChI is InChI=1S/C19H24N4O2.2ClH/c1-15(16-6-3-2-4-7-16)22-19(24)23-11-10-21-12-17(23)14-25-18-8-5-9-20-13-18;;/h2-9,13,15,17,21H,10-12,14H2,1H3,(H,22,24);2*1H/t15-,17+;;/m0../s1. The number of aromatic nitrogens is 1. The molecule has 0 bridgehead atoms. The number of urea groups is 1. The quantitative estimate of drug-likeness (QED) is 0.791. The summed E-state index contributed by atoms with van der Waals surface area (Å²) in [6.07, 6.45) is 3.39. The first-order chi connectivity index (χ1) is 12.2. The van der Waals surface area contributed by atoms with E-state index in [0.29, 0.717) is 25.4 Å². The van der Waals surface area contributed by atoms with Crippen LogP contribution in [0, 0.1) is 0 Å². The van der Waals surface area contributed by atoms with E-state index in [4.69, 9.17) is 4.74 Å². The van der Waals surface area contributed by atoms with Crippen molar-refractivity contribution < 1.29 is 9.53 Å². The molecule has 148 valence electrons. The molecular weight excluding hydrogens is 387 g/mol. The highest BCUT2D eigenvalue weighted by Gasteiger charge is 2.28. The molecule has 27 heavy (non-hydrogen) atoms. The average Bonchev–Trinajstić information content (AvgIpc) is 2.68. The second-order valence-electron chi connectivity index (χ2n) is 6.13. The van der Waals surface area contributed by atoms with Crippen LogP contribution in [-0.2, 0) is 0 Å². The first kappa shape index (κ1) is 23.0. The Balaban J connectivity index is 0.00000182. The smallest absolute Gasteiger partial charge is 0.318 e. The summed E-state index contributed by atoms with van der Waals surface area (Å²) in [5, 5.41) is 6.41. The molecule has 0 saturated carbocycles. The maximum Gasteiger partial charge on any atom is 0.318 e. The van der Waals surface area contributed by atoms with Gasteiger partial charge in [-0.25, -0.2) is 4.79 Å². The van der Waals surface area contributed by atoms with Gasteiger partial charge in [0.25, 0.3) is 0 Å². The molecule has 0 unspecified atom stereocenters. The van der Waals surface area contributed by atoms with Crippen molar-refractivity contribution >= 4 is 30.8 Å². The molecule has 1 aromatic heterocycles. The van der Waals surface area contributed by atoms with Crippen molar-refractivity contribution in [1.82, 2.24) is 20.5 Å². The van der Waals surface area contributed by atoms with Crippen LogP contribution in [0.2, 0.25) is 0 Å². The van der Waals surface area contributed by atoms with Gasteiger partial charge in [-0.2, -0.15) is 0 Å². The zero-order chi connectivity index (χ0) is 17.5. The highest BCUT2D eigenvalue weighted by molar-refractivity contribution is 5.85. The number of ether oxygens (including phenoxy) is 1. The Morgan fingerprint density at radius 2 is 2.07 bits per heavy atom. The van der Waals surface area contributed by atoms with E-state index in [2.05, 4.69) is 15.6 Å². The third-order valence-corrected chi connectivity index (χ3v) is 4.33. The number of piperazine rings is 1. The molecule has 6 nitrogen and oxygen atoms in total. The van der Waals surface area contributed by atoms with Gasteiger partial charge in [0.1, 0.15) is 12.4 Å². The van der Waals surface area contributed by atoms with E-state index in [1.165, 1.54) is 0 Å². The summed E-state index contributed by atoms with van der Waals surface area (Å²) in [4.78, 5) is 18.6. The SMILES string of the molecule is C[C@H](NC(=O)N1CCNC[C@@H]1COc1cccnc1)c1ccccc1.Cl.Cl. The average molecular weight is 413 g/mol. The molecule has 3 rings (SSSR count). The van der Waals surface area contributed by atoms with Crippen molar-refractivity contribution in [2.24, 2.45) is 0 Å². The van der Waals surface area contributed by atoms with E-state index in [1.54, 1.807) is 12.4 Å². The van der Waals surface area contributed by atoms with Crippen molar-refractivity contribution in [3.63, 3.8) is 0 Å². The van der Waals surface area contributed by atoms with Crippen LogP contribution in [0.5, 0.6) is 5.75 Å². The van der Waals surface area contributed by atoms with Crippen LogP contribution in [-0.4, -0.2) is 48.2 Å². The lowest BCUT2D eigenvalue weighted by atomic mass is 10.1. The van der Waals surface area contributed by atoms with Crippen molar-refractivity contribution in [3.8, 4) is 5.75 Å². The van der Waals surface area contributed by atoms with Gasteiger partial charge >= 0.3 is 6.03 Å². The molecule has 1 fully saturated rings. The number of nitrogens with one attached hydrogen (secondary N) is 2. The van der Waals surface area contributed by atoms with Crippen LogP contribution in [0.4, 0.5) is 4.79 Å². The lowest BCUT2D eigenvalue weighted by molar-refractivity contribution is 0.122. The zero-order valence-electron chi connectivity index (χ0n) is 15.2. The largest absolute Gasteiger partial charge is 0.490 e. The molecule has 1 aliphatic rings. The molecule has 0 radical (unpaired) electrons. The van der Waals surface area contributed by atoms with Crippen LogP contribution in [0.25, 0.3) is 0 Å². The summed E-state index contributed by atoms with van der Waals surface area (Å²) < 4.78 is 5.79. The number of rotatable bonds is 5. The number of hydrogen-bond acceptors (Lipinski definition) is 4. The van der Waals surface area contributed by atoms with E-state index in [9.17, 15) is 4.79 Å². The van der Waals surface area contributed by atoms with Crippen LogP contribution in [0.15, 0.2) is 54.9 Å². The minimum absolute atomic E-state index is 0. The predicted molar refractivity (Wildman–Crippen MR) is 111 cm³/mol. The van der Waals surface area contributed by atoms with E-state index in [1.807, 2.05) is 54.3 Å². The number of pyridine rings is 1. The number of amides is 2. The monoisotopic (exact) mass is 412 g/mol. The molecule has 0 aliphatic carbocycles. The fourth-order valence-electron chi connectivity index (χ4n) is 2.90. The Morgan fingerprint density at radius 1 is 1.30 bits per heavy atom. The highest BCUT2D eigenvalue weighted by atomic mass is 35.5. The van der Waals surface area contributed by atoms with E-state index in [0.717, 1.165) is 12.1 Å². The molecule has 8 heteroatoms. The first-order valence-corrected chi connectivity index (χ1v) is 8.59. The van der Waals surface area contributed by atoms with Crippen LogP contribution >= 0.6 is 24.8 Å². The predicted octanol–water partition coefficient (Wildman–Crippen LogP) is 3.05. The summed E-state index contributed by atoms with van der Waals surface area (Å²) in [6, 6.07) is 13.6. The molecule has 1 saturated heterocycles. The molecule has 0 spiro atoms. The molecule has 2 atom stereocenters. The van der Waals surface area contributed by atoms with Crippen molar-refractivity contribution in [3.05, 3.63) is 60.4 Å². The Hall–Kier alpha value is -2.02. The molecular formula is C19H26Cl2N4O2. The molecule has 1 aromatic carbocycles. The fourth-order valence-corrected chi connectivity index (χ4v) is 2.90. The molecule has 2 amide bonds. The lowest BCUT2D eigenvalue weighted by Gasteiger charge is -2.36. The van der Waals surface area contributed by atoms with Crippen molar-refractivity contribution in [1.29, 1.82) is 0 Å². The summed E-state index contributed by atoms with van der Waals surface area (Å²) in [5.74, 6) is 0.714. The van der Waals surface area contributed by atoms with Crippen molar-refractivity contribution in [2.45, 2.75) is 19.0 Å². The minimum Gasteiger partial charge on any atom is -0.490 e. The zero-order valence-corrected chi connectivity index (χ0v) is 16.8. The molecule has 2 N–H and O–H groups in total. The van der Waals surface area contributed by atoms with Crippen LogP contribution < -0.4 is 15.4 Å². The third-order valence-electron chi connectivity index (χ3n) is 4.33. The first-order valence-electron chi connectivity index (χ1n) is 8.59. The Kier molecular flexibility index (Phi) is 9.93. The topological polar surface area (TPSA) is 66.5 Å². The fraction of sp³-hybridized carbons (Fsp3) is 0.368. The van der Waals surface area contributed by atoms with Gasteiger partial charge in [-0.05, 0) is 24.6 Å². The Labute approximate surface area is 172 Å². The number of benzene rings is 1. The second kappa shape index (κ2) is 11.6. The van der Waals surface area contributed by atoms with Gasteiger partial charge in [0.15, 0.2) is 0 Å².